The molecule has 1 aromatic heterocycles. The van der Waals surface area contributed by atoms with Crippen LogP contribution >= 0.6 is 0 Å². The van der Waals surface area contributed by atoms with E-state index in [1.54, 1.807) is 18.3 Å². The average molecular weight is 301 g/mol. The van der Waals surface area contributed by atoms with Crippen LogP contribution < -0.4 is 5.32 Å². The lowest BCUT2D eigenvalue weighted by atomic mass is 10.1. The maximum atomic E-state index is 12.9. The second kappa shape index (κ2) is 5.91. The molecule has 1 aromatic carbocycles. The van der Waals surface area contributed by atoms with Crippen molar-refractivity contribution in [2.75, 3.05) is 5.32 Å². The fourth-order valence-electron chi connectivity index (χ4n) is 2.74. The van der Waals surface area contributed by atoms with Gasteiger partial charge in [-0.1, -0.05) is 26.0 Å². The van der Waals surface area contributed by atoms with E-state index in [-0.39, 0.29) is 23.6 Å². The predicted molar refractivity (Wildman–Crippen MR) is 82.9 cm³/mol. The lowest BCUT2D eigenvalue weighted by Gasteiger charge is -2.11. The summed E-state index contributed by atoms with van der Waals surface area (Å²) >= 11 is 0. The first-order chi connectivity index (χ1) is 10.5. The van der Waals surface area contributed by atoms with E-state index in [0.717, 1.165) is 18.5 Å². The number of carbonyl (C=O) groups excluding carboxylic acids is 1. The van der Waals surface area contributed by atoms with Crippen LogP contribution in [0.15, 0.2) is 36.7 Å². The Morgan fingerprint density at radius 1 is 1.41 bits per heavy atom. The Kier molecular flexibility index (Phi) is 3.96. The van der Waals surface area contributed by atoms with Crippen molar-refractivity contribution in [2.45, 2.75) is 32.7 Å². The number of rotatable bonds is 5. The Hall–Kier alpha value is -2.17. The van der Waals surface area contributed by atoms with Gasteiger partial charge in [-0.05, 0) is 36.0 Å². The SMILES string of the molecule is CC(C)Cn1ccnc1NC(=O)[C@H]1C[C@H]1c1ccc(F)cc1. The third kappa shape index (κ3) is 3.18. The highest BCUT2D eigenvalue weighted by Gasteiger charge is 2.44. The molecule has 0 unspecified atom stereocenters. The van der Waals surface area contributed by atoms with Gasteiger partial charge in [-0.3, -0.25) is 10.1 Å². The zero-order valence-corrected chi connectivity index (χ0v) is 12.8. The molecule has 3 rings (SSSR count). The summed E-state index contributed by atoms with van der Waals surface area (Å²) in [5, 5.41) is 2.91. The Balaban J connectivity index is 1.62. The number of nitrogens with one attached hydrogen (secondary N) is 1. The molecule has 0 bridgehead atoms. The maximum absolute atomic E-state index is 12.9. The van der Waals surface area contributed by atoms with Crippen molar-refractivity contribution < 1.29 is 9.18 Å². The van der Waals surface area contributed by atoms with Crippen LogP contribution in [0.1, 0.15) is 31.7 Å². The molecule has 22 heavy (non-hydrogen) atoms. The number of benzene rings is 1. The molecule has 0 saturated heterocycles. The van der Waals surface area contributed by atoms with Crippen LogP contribution in [0.4, 0.5) is 10.3 Å². The van der Waals surface area contributed by atoms with Crippen LogP contribution in [0.5, 0.6) is 0 Å². The van der Waals surface area contributed by atoms with Crippen LogP contribution in [-0.2, 0) is 11.3 Å². The Morgan fingerprint density at radius 3 is 2.82 bits per heavy atom. The van der Waals surface area contributed by atoms with Crippen LogP contribution in [0.2, 0.25) is 0 Å². The first-order valence-electron chi connectivity index (χ1n) is 7.62. The smallest absolute Gasteiger partial charge is 0.230 e. The number of anilines is 1. The summed E-state index contributed by atoms with van der Waals surface area (Å²) in [4.78, 5) is 16.5. The number of imidazole rings is 1. The van der Waals surface area contributed by atoms with Gasteiger partial charge in [0.05, 0.1) is 0 Å². The third-order valence-corrected chi connectivity index (χ3v) is 3.94. The first-order valence-corrected chi connectivity index (χ1v) is 7.62. The highest BCUT2D eigenvalue weighted by Crippen LogP contribution is 2.47. The zero-order valence-electron chi connectivity index (χ0n) is 12.8. The molecule has 1 N–H and O–H groups in total. The maximum Gasteiger partial charge on any atom is 0.230 e. The fourth-order valence-corrected chi connectivity index (χ4v) is 2.74. The van der Waals surface area contributed by atoms with Gasteiger partial charge in [0.2, 0.25) is 11.9 Å². The van der Waals surface area contributed by atoms with Gasteiger partial charge < -0.3 is 4.57 Å². The lowest BCUT2D eigenvalue weighted by Crippen LogP contribution is -2.19. The molecule has 1 saturated carbocycles. The fraction of sp³-hybridized carbons (Fsp3) is 0.412. The molecular formula is C17H20FN3O. The van der Waals surface area contributed by atoms with Crippen LogP contribution in [-0.4, -0.2) is 15.5 Å². The minimum atomic E-state index is -0.249. The molecule has 2 atom stereocenters. The van der Waals surface area contributed by atoms with E-state index in [0.29, 0.717) is 11.9 Å². The van der Waals surface area contributed by atoms with E-state index in [1.807, 2.05) is 10.8 Å². The monoisotopic (exact) mass is 301 g/mol. The van der Waals surface area contributed by atoms with Gasteiger partial charge >= 0.3 is 0 Å². The normalized spacial score (nSPS) is 20.2. The van der Waals surface area contributed by atoms with Crippen molar-refractivity contribution in [1.82, 2.24) is 9.55 Å². The van der Waals surface area contributed by atoms with Crippen molar-refractivity contribution in [1.29, 1.82) is 0 Å². The Bertz CT molecular complexity index is 663. The quantitative estimate of drug-likeness (QED) is 0.920. The number of hydrogen-bond acceptors (Lipinski definition) is 2. The van der Waals surface area contributed by atoms with Gasteiger partial charge in [0.25, 0.3) is 0 Å². The van der Waals surface area contributed by atoms with Crippen molar-refractivity contribution in [3.63, 3.8) is 0 Å². The van der Waals surface area contributed by atoms with E-state index >= 15 is 0 Å². The number of halogens is 1. The third-order valence-electron chi connectivity index (χ3n) is 3.94. The second-order valence-electron chi connectivity index (χ2n) is 6.29. The van der Waals surface area contributed by atoms with Gasteiger partial charge in [0.1, 0.15) is 5.82 Å². The van der Waals surface area contributed by atoms with Crippen LogP contribution in [0.3, 0.4) is 0 Å². The minimum Gasteiger partial charge on any atom is -0.317 e. The molecular weight excluding hydrogens is 281 g/mol. The van der Waals surface area contributed by atoms with E-state index < -0.39 is 0 Å². The zero-order chi connectivity index (χ0) is 15.7. The molecule has 0 aliphatic heterocycles. The summed E-state index contributed by atoms with van der Waals surface area (Å²) in [6.07, 6.45) is 4.38. The Morgan fingerprint density at radius 2 is 2.14 bits per heavy atom. The number of amides is 1. The summed E-state index contributed by atoms with van der Waals surface area (Å²) in [5.41, 5.74) is 1.02. The van der Waals surface area contributed by atoms with Gasteiger partial charge in [0.15, 0.2) is 0 Å². The van der Waals surface area contributed by atoms with Gasteiger partial charge in [0, 0.05) is 24.9 Å². The summed E-state index contributed by atoms with van der Waals surface area (Å²) in [5.74, 6) is 0.969. The Labute approximate surface area is 129 Å². The van der Waals surface area contributed by atoms with E-state index in [9.17, 15) is 9.18 Å². The summed E-state index contributed by atoms with van der Waals surface area (Å²) in [6.45, 7) is 5.07. The molecule has 2 aromatic rings. The predicted octanol–water partition coefficient (Wildman–Crippen LogP) is 3.42. The lowest BCUT2D eigenvalue weighted by molar-refractivity contribution is -0.117. The molecule has 1 amide bonds. The number of nitrogens with zero attached hydrogens (tertiary/aromatic N) is 2. The van der Waals surface area contributed by atoms with Crippen molar-refractivity contribution >= 4 is 11.9 Å². The van der Waals surface area contributed by atoms with Gasteiger partial charge in [-0.15, -0.1) is 0 Å². The number of aromatic nitrogens is 2. The van der Waals surface area contributed by atoms with Crippen LogP contribution in [0, 0.1) is 17.7 Å². The molecule has 0 radical (unpaired) electrons. The van der Waals surface area contributed by atoms with Crippen molar-refractivity contribution in [2.24, 2.45) is 11.8 Å². The summed E-state index contributed by atoms with van der Waals surface area (Å²) in [7, 11) is 0. The van der Waals surface area contributed by atoms with Crippen molar-refractivity contribution in [3.05, 3.63) is 48.0 Å². The van der Waals surface area contributed by atoms with Crippen molar-refractivity contribution in [3.8, 4) is 0 Å². The standard InChI is InChI=1S/C17H20FN3O/c1-11(2)10-21-8-7-19-17(21)20-16(22)15-9-14(15)12-3-5-13(18)6-4-12/h3-8,11,14-15H,9-10H2,1-2H3,(H,19,20,22)/t14-,15-/m0/s1. The average Bonchev–Trinajstić information content (AvgIpc) is 3.16. The largest absolute Gasteiger partial charge is 0.317 e. The van der Waals surface area contributed by atoms with E-state index in [1.165, 1.54) is 12.1 Å². The minimum absolute atomic E-state index is 0.00877. The highest BCUT2D eigenvalue weighted by atomic mass is 19.1. The molecule has 4 nitrogen and oxygen atoms in total. The molecule has 1 aliphatic carbocycles. The summed E-state index contributed by atoms with van der Waals surface area (Å²) in [6, 6.07) is 6.40. The van der Waals surface area contributed by atoms with Crippen LogP contribution in [0.25, 0.3) is 0 Å². The first kappa shape index (κ1) is 14.8. The topological polar surface area (TPSA) is 46.9 Å². The second-order valence-corrected chi connectivity index (χ2v) is 6.29. The number of carbonyl (C=O) groups is 1. The summed E-state index contributed by atoms with van der Waals surface area (Å²) < 4.78 is 14.9. The molecule has 0 spiro atoms. The molecule has 116 valence electrons. The van der Waals surface area contributed by atoms with Gasteiger partial charge in [-0.2, -0.15) is 0 Å². The molecule has 5 heteroatoms. The molecule has 1 aliphatic rings. The van der Waals surface area contributed by atoms with E-state index in [2.05, 4.69) is 24.1 Å². The number of hydrogen-bond donors (Lipinski definition) is 1. The molecule has 1 fully saturated rings. The van der Waals surface area contributed by atoms with E-state index in [4.69, 9.17) is 0 Å². The molecule has 1 heterocycles. The highest BCUT2D eigenvalue weighted by molar-refractivity contribution is 5.93. The van der Waals surface area contributed by atoms with Gasteiger partial charge in [-0.25, -0.2) is 9.37 Å².